The van der Waals surface area contributed by atoms with E-state index in [4.69, 9.17) is 10.00 Å². The Kier molecular flexibility index (Phi) is 6.58. The molecule has 0 fully saturated rings. The first-order chi connectivity index (χ1) is 15.6. The van der Waals surface area contributed by atoms with Crippen molar-refractivity contribution in [2.45, 2.75) is 25.7 Å². The van der Waals surface area contributed by atoms with Gasteiger partial charge in [-0.2, -0.15) is 5.26 Å². The third-order valence-corrected chi connectivity index (χ3v) is 6.94. The maximum atomic E-state index is 12.9. The number of carbonyl (C=O) groups excluding carboxylic acids is 3. The highest BCUT2D eigenvalue weighted by Crippen LogP contribution is 2.38. The summed E-state index contributed by atoms with van der Waals surface area (Å²) in [6, 6.07) is 6.88. The summed E-state index contributed by atoms with van der Waals surface area (Å²) in [4.78, 5) is 42.8. The van der Waals surface area contributed by atoms with Crippen LogP contribution in [0.3, 0.4) is 0 Å². The van der Waals surface area contributed by atoms with E-state index in [-0.39, 0.29) is 5.91 Å². The molecule has 0 saturated carbocycles. The summed E-state index contributed by atoms with van der Waals surface area (Å²) >= 11 is 2.58. The minimum atomic E-state index is -0.660. The monoisotopic (exact) mass is 466 g/mol. The first kappa shape index (κ1) is 21.7. The lowest BCUT2D eigenvalue weighted by molar-refractivity contribution is -0.119. The largest absolute Gasteiger partial charge is 0.452 e. The number of nitrogens with one attached hydrogen (secondary N) is 2. The predicted octanol–water partition coefficient (Wildman–Crippen LogP) is 4.00. The van der Waals surface area contributed by atoms with E-state index in [0.717, 1.165) is 29.7 Å². The van der Waals surface area contributed by atoms with Crippen LogP contribution in [0.15, 0.2) is 36.0 Å². The Bertz CT molecular complexity index is 1210. The Labute approximate surface area is 191 Å². The molecule has 0 aliphatic heterocycles. The number of hydrogen-bond donors (Lipinski definition) is 2. The summed E-state index contributed by atoms with van der Waals surface area (Å²) in [5.74, 6) is -1.57. The highest BCUT2D eigenvalue weighted by molar-refractivity contribution is 7.17. The van der Waals surface area contributed by atoms with Gasteiger partial charge in [-0.25, -0.2) is 4.79 Å². The van der Waals surface area contributed by atoms with Crippen molar-refractivity contribution in [3.8, 4) is 6.07 Å². The van der Waals surface area contributed by atoms with E-state index in [9.17, 15) is 14.4 Å². The fourth-order valence-electron chi connectivity index (χ4n) is 3.40. The van der Waals surface area contributed by atoms with Gasteiger partial charge in [-0.3, -0.25) is 14.6 Å². The zero-order valence-corrected chi connectivity index (χ0v) is 18.5. The van der Waals surface area contributed by atoms with Crippen molar-refractivity contribution in [1.29, 1.82) is 5.26 Å². The standard InChI is InChI=1S/C22H18N4O4S2/c23-10-13-7-9-31-20(13)25-17(27)12-30-22(29)18-15-5-1-2-6-16(15)32-21(18)26-19(28)14-4-3-8-24-11-14/h3-4,7-9,11H,1-2,5-6,12H2,(H,25,27)(H,26,28). The van der Waals surface area contributed by atoms with Gasteiger partial charge in [0.1, 0.15) is 16.1 Å². The molecule has 2 N–H and O–H groups in total. The van der Waals surface area contributed by atoms with Crippen LogP contribution in [0.4, 0.5) is 10.0 Å². The second-order valence-electron chi connectivity index (χ2n) is 7.01. The average molecular weight is 467 g/mol. The number of nitrogens with zero attached hydrogens (tertiary/aromatic N) is 2. The number of aromatic nitrogens is 1. The van der Waals surface area contributed by atoms with Crippen LogP contribution >= 0.6 is 22.7 Å². The van der Waals surface area contributed by atoms with Crippen LogP contribution in [0, 0.1) is 11.3 Å². The van der Waals surface area contributed by atoms with E-state index < -0.39 is 18.5 Å². The summed E-state index contributed by atoms with van der Waals surface area (Å²) in [7, 11) is 0. The molecule has 0 aromatic carbocycles. The van der Waals surface area contributed by atoms with Gasteiger partial charge >= 0.3 is 5.97 Å². The molecule has 1 aliphatic carbocycles. The molecule has 32 heavy (non-hydrogen) atoms. The van der Waals surface area contributed by atoms with Crippen molar-refractivity contribution in [2.75, 3.05) is 17.2 Å². The highest BCUT2D eigenvalue weighted by Gasteiger charge is 2.28. The Hall–Kier alpha value is -3.55. The van der Waals surface area contributed by atoms with E-state index in [2.05, 4.69) is 15.6 Å². The molecule has 0 bridgehead atoms. The molecule has 10 heteroatoms. The average Bonchev–Trinajstić information content (AvgIpc) is 3.41. The number of thiophene rings is 2. The van der Waals surface area contributed by atoms with Crippen LogP contribution in [0.2, 0.25) is 0 Å². The molecule has 0 saturated heterocycles. The summed E-state index contributed by atoms with van der Waals surface area (Å²) < 4.78 is 5.28. The SMILES string of the molecule is N#Cc1ccsc1NC(=O)COC(=O)c1c(NC(=O)c2cccnc2)sc2c1CCCC2. The van der Waals surface area contributed by atoms with E-state index in [0.29, 0.717) is 33.1 Å². The number of ether oxygens (including phenoxy) is 1. The molecular weight excluding hydrogens is 448 g/mol. The summed E-state index contributed by atoms with van der Waals surface area (Å²) in [5.41, 5.74) is 1.91. The van der Waals surface area contributed by atoms with Gasteiger partial charge < -0.3 is 15.4 Å². The van der Waals surface area contributed by atoms with Crippen LogP contribution in [0.25, 0.3) is 0 Å². The highest BCUT2D eigenvalue weighted by atomic mass is 32.1. The number of fused-ring (bicyclic) bond motifs is 1. The summed E-state index contributed by atoms with van der Waals surface area (Å²) in [6.07, 6.45) is 6.53. The molecule has 3 heterocycles. The third kappa shape index (κ3) is 4.69. The number of rotatable bonds is 6. The molecule has 0 atom stereocenters. The predicted molar refractivity (Wildman–Crippen MR) is 121 cm³/mol. The number of carbonyl (C=O) groups is 3. The van der Waals surface area contributed by atoms with E-state index in [1.165, 1.54) is 28.9 Å². The number of pyridine rings is 1. The van der Waals surface area contributed by atoms with E-state index in [1.54, 1.807) is 29.8 Å². The number of nitriles is 1. The second-order valence-corrected chi connectivity index (χ2v) is 9.03. The minimum absolute atomic E-state index is 0.309. The molecule has 8 nitrogen and oxygen atoms in total. The Morgan fingerprint density at radius 3 is 2.78 bits per heavy atom. The van der Waals surface area contributed by atoms with Crippen molar-refractivity contribution >= 4 is 50.5 Å². The fourth-order valence-corrected chi connectivity index (χ4v) is 5.43. The molecule has 3 aromatic heterocycles. The molecule has 1 aliphatic rings. The van der Waals surface area contributed by atoms with Crippen molar-refractivity contribution < 1.29 is 19.1 Å². The van der Waals surface area contributed by atoms with Crippen LogP contribution in [0.1, 0.15) is 49.6 Å². The van der Waals surface area contributed by atoms with Gasteiger partial charge in [0.15, 0.2) is 6.61 Å². The van der Waals surface area contributed by atoms with Gasteiger partial charge in [0.05, 0.1) is 16.7 Å². The van der Waals surface area contributed by atoms with Gasteiger partial charge in [-0.1, -0.05) is 0 Å². The number of hydrogen-bond acceptors (Lipinski definition) is 8. The van der Waals surface area contributed by atoms with Gasteiger partial charge in [0, 0.05) is 17.3 Å². The van der Waals surface area contributed by atoms with Crippen LogP contribution in [-0.4, -0.2) is 29.4 Å². The van der Waals surface area contributed by atoms with Gasteiger partial charge in [-0.15, -0.1) is 22.7 Å². The van der Waals surface area contributed by atoms with Crippen molar-refractivity contribution in [3.63, 3.8) is 0 Å². The number of anilines is 2. The molecule has 3 aromatic rings. The molecule has 0 radical (unpaired) electrons. The number of amides is 2. The molecule has 0 spiro atoms. The molecule has 2 amide bonds. The quantitative estimate of drug-likeness (QED) is 0.530. The van der Waals surface area contributed by atoms with Crippen LogP contribution < -0.4 is 10.6 Å². The Balaban J connectivity index is 1.49. The molecule has 0 unspecified atom stereocenters. The molecule has 4 rings (SSSR count). The molecular formula is C22H18N4O4S2. The van der Waals surface area contributed by atoms with Crippen LogP contribution in [0.5, 0.6) is 0 Å². The topological polar surface area (TPSA) is 121 Å². The summed E-state index contributed by atoms with van der Waals surface area (Å²) in [5, 5.41) is 16.9. The smallest absolute Gasteiger partial charge is 0.341 e. The first-order valence-corrected chi connectivity index (χ1v) is 11.6. The van der Waals surface area contributed by atoms with Gasteiger partial charge in [-0.05, 0) is 54.8 Å². The number of aryl methyl sites for hydroxylation is 1. The second kappa shape index (κ2) is 9.72. The van der Waals surface area contributed by atoms with Gasteiger partial charge in [0.2, 0.25) is 0 Å². The molecule has 162 valence electrons. The lowest BCUT2D eigenvalue weighted by atomic mass is 9.95. The fraction of sp³-hybridized carbons (Fsp3) is 0.227. The van der Waals surface area contributed by atoms with Crippen molar-refractivity contribution in [3.05, 3.63) is 63.1 Å². The lowest BCUT2D eigenvalue weighted by Gasteiger charge is -2.13. The lowest BCUT2D eigenvalue weighted by Crippen LogP contribution is -2.22. The Morgan fingerprint density at radius 1 is 1.16 bits per heavy atom. The van der Waals surface area contributed by atoms with Crippen molar-refractivity contribution in [2.24, 2.45) is 0 Å². The maximum absolute atomic E-state index is 12.9. The van der Waals surface area contributed by atoms with Gasteiger partial charge in [0.25, 0.3) is 11.8 Å². The zero-order chi connectivity index (χ0) is 22.5. The normalized spacial score (nSPS) is 12.3. The minimum Gasteiger partial charge on any atom is -0.452 e. The first-order valence-electron chi connectivity index (χ1n) is 9.87. The third-order valence-electron chi connectivity index (χ3n) is 4.90. The van der Waals surface area contributed by atoms with E-state index in [1.807, 2.05) is 6.07 Å². The summed E-state index contributed by atoms with van der Waals surface area (Å²) in [6.45, 7) is -0.498. The maximum Gasteiger partial charge on any atom is 0.341 e. The Morgan fingerprint density at radius 2 is 2.00 bits per heavy atom. The number of esters is 1. The zero-order valence-electron chi connectivity index (χ0n) is 16.8. The van der Waals surface area contributed by atoms with Crippen molar-refractivity contribution in [1.82, 2.24) is 4.98 Å². The van der Waals surface area contributed by atoms with Crippen LogP contribution in [-0.2, 0) is 22.4 Å². The van der Waals surface area contributed by atoms with E-state index >= 15 is 0 Å².